The average molecular weight is 664 g/mol. The second kappa shape index (κ2) is 12.5. The molecule has 0 aromatic heterocycles. The number of anilines is 3. The van der Waals surface area contributed by atoms with Gasteiger partial charge in [-0.05, 0) is 104 Å². The van der Waals surface area contributed by atoms with E-state index in [2.05, 4.69) is 199 Å². The van der Waals surface area contributed by atoms with Crippen molar-refractivity contribution in [3.05, 3.63) is 200 Å². The van der Waals surface area contributed by atoms with E-state index in [0.717, 1.165) is 45.1 Å². The van der Waals surface area contributed by atoms with Crippen LogP contribution in [0.3, 0.4) is 0 Å². The van der Waals surface area contributed by atoms with Crippen molar-refractivity contribution in [2.75, 3.05) is 4.90 Å². The summed E-state index contributed by atoms with van der Waals surface area (Å²) in [7, 11) is 0. The predicted octanol–water partition coefficient (Wildman–Crippen LogP) is 14.2. The van der Waals surface area contributed by atoms with Crippen LogP contribution in [0.5, 0.6) is 11.5 Å². The van der Waals surface area contributed by atoms with Crippen LogP contribution in [0.25, 0.3) is 66.1 Å². The zero-order valence-electron chi connectivity index (χ0n) is 28.4. The maximum atomic E-state index is 6.35. The second-order valence-corrected chi connectivity index (χ2v) is 13.3. The van der Waals surface area contributed by atoms with Crippen LogP contribution < -0.4 is 9.64 Å². The monoisotopic (exact) mass is 663 g/mol. The smallest absolute Gasteiger partial charge is 0.135 e. The lowest BCUT2D eigenvalue weighted by atomic mass is 9.90. The molecule has 0 aliphatic carbocycles. The van der Waals surface area contributed by atoms with Crippen LogP contribution in [0.15, 0.2) is 200 Å². The van der Waals surface area contributed by atoms with Crippen LogP contribution in [0.2, 0.25) is 0 Å². The lowest BCUT2D eigenvalue weighted by Crippen LogP contribution is -2.11. The standard InChI is InChI=1S/C50H33NO/c1-2-13-34(14-3-1)35-27-29-40(30-28-35)51(47-24-8-6-21-44(47)43-23-11-16-36-15-4-5-20-42(36)43)41-19-10-17-37(32-41)39-31-38-18-12-26-49-50(38)46(33-39)45-22-7-9-25-48(45)52-49/h1-33H. The van der Waals surface area contributed by atoms with E-state index in [1.807, 2.05) is 6.07 Å². The molecular formula is C50H33NO. The molecule has 244 valence electrons. The Bertz CT molecular complexity index is 2760. The first-order valence-corrected chi connectivity index (χ1v) is 17.8. The van der Waals surface area contributed by atoms with Gasteiger partial charge in [0.2, 0.25) is 0 Å². The molecule has 9 aromatic carbocycles. The van der Waals surface area contributed by atoms with Crippen molar-refractivity contribution >= 4 is 38.6 Å². The largest absolute Gasteiger partial charge is 0.456 e. The molecule has 1 heterocycles. The van der Waals surface area contributed by atoms with E-state index < -0.39 is 0 Å². The van der Waals surface area contributed by atoms with Gasteiger partial charge < -0.3 is 9.64 Å². The predicted molar refractivity (Wildman–Crippen MR) is 218 cm³/mol. The van der Waals surface area contributed by atoms with Gasteiger partial charge in [0.05, 0.1) is 5.69 Å². The number of ether oxygens (including phenoxy) is 1. The van der Waals surface area contributed by atoms with Crippen LogP contribution >= 0.6 is 0 Å². The van der Waals surface area contributed by atoms with Crippen LogP contribution in [-0.4, -0.2) is 0 Å². The highest BCUT2D eigenvalue weighted by molar-refractivity contribution is 6.07. The molecule has 1 aliphatic rings. The van der Waals surface area contributed by atoms with Gasteiger partial charge in [-0.3, -0.25) is 0 Å². The van der Waals surface area contributed by atoms with Gasteiger partial charge in [-0.15, -0.1) is 0 Å². The molecule has 0 saturated carbocycles. The first kappa shape index (κ1) is 30.0. The molecular weight excluding hydrogens is 631 g/mol. The van der Waals surface area contributed by atoms with E-state index in [4.69, 9.17) is 4.74 Å². The lowest BCUT2D eigenvalue weighted by molar-refractivity contribution is 0.487. The third-order valence-corrected chi connectivity index (χ3v) is 10.2. The Balaban J connectivity index is 1.16. The highest BCUT2D eigenvalue weighted by Crippen LogP contribution is 2.49. The second-order valence-electron chi connectivity index (χ2n) is 13.3. The maximum absolute atomic E-state index is 6.35. The molecule has 0 N–H and O–H groups in total. The average Bonchev–Trinajstić information content (AvgIpc) is 3.22. The van der Waals surface area contributed by atoms with Gasteiger partial charge in [-0.25, -0.2) is 0 Å². The Morgan fingerprint density at radius 3 is 1.87 bits per heavy atom. The summed E-state index contributed by atoms with van der Waals surface area (Å²) < 4.78 is 6.35. The quantitative estimate of drug-likeness (QED) is 0.176. The van der Waals surface area contributed by atoms with E-state index in [1.165, 1.54) is 49.5 Å². The van der Waals surface area contributed by atoms with Crippen LogP contribution in [0.1, 0.15) is 0 Å². The summed E-state index contributed by atoms with van der Waals surface area (Å²) in [6, 6.07) is 71.8. The summed E-state index contributed by atoms with van der Waals surface area (Å²) in [5.41, 5.74) is 12.7. The van der Waals surface area contributed by atoms with Crippen LogP contribution in [0.4, 0.5) is 17.1 Å². The molecule has 1 aliphatic heterocycles. The van der Waals surface area contributed by atoms with E-state index in [1.54, 1.807) is 0 Å². The molecule has 52 heavy (non-hydrogen) atoms. The summed E-state index contributed by atoms with van der Waals surface area (Å²) in [6.45, 7) is 0. The molecule has 0 fully saturated rings. The number of nitrogens with zero attached hydrogens (tertiary/aromatic N) is 1. The number of benzene rings is 9. The first-order valence-electron chi connectivity index (χ1n) is 17.8. The molecule has 0 radical (unpaired) electrons. The zero-order chi connectivity index (χ0) is 34.4. The molecule has 2 nitrogen and oxygen atoms in total. The summed E-state index contributed by atoms with van der Waals surface area (Å²) in [6.07, 6.45) is 0. The molecule has 0 bridgehead atoms. The minimum absolute atomic E-state index is 0.892. The summed E-state index contributed by atoms with van der Waals surface area (Å²) in [5, 5.41) is 4.79. The minimum atomic E-state index is 0.892. The molecule has 0 saturated heterocycles. The molecule has 0 spiro atoms. The van der Waals surface area contributed by atoms with E-state index in [0.29, 0.717) is 0 Å². The van der Waals surface area contributed by atoms with E-state index >= 15 is 0 Å². The van der Waals surface area contributed by atoms with Crippen molar-refractivity contribution in [3.63, 3.8) is 0 Å². The fourth-order valence-electron chi connectivity index (χ4n) is 7.80. The molecule has 9 aromatic rings. The van der Waals surface area contributed by atoms with Crippen molar-refractivity contribution in [1.82, 2.24) is 0 Å². The van der Waals surface area contributed by atoms with Crippen molar-refractivity contribution < 1.29 is 4.74 Å². The highest BCUT2D eigenvalue weighted by Gasteiger charge is 2.22. The molecule has 10 rings (SSSR count). The Morgan fingerprint density at radius 1 is 0.327 bits per heavy atom. The lowest BCUT2D eigenvalue weighted by Gasteiger charge is -2.29. The third-order valence-electron chi connectivity index (χ3n) is 10.2. The van der Waals surface area contributed by atoms with Gasteiger partial charge in [0.25, 0.3) is 0 Å². The van der Waals surface area contributed by atoms with Gasteiger partial charge >= 0.3 is 0 Å². The summed E-state index contributed by atoms with van der Waals surface area (Å²) in [4.78, 5) is 2.40. The number of hydrogen-bond acceptors (Lipinski definition) is 2. The fraction of sp³-hybridized carbons (Fsp3) is 0. The van der Waals surface area contributed by atoms with Gasteiger partial charge in [0.15, 0.2) is 0 Å². The Kier molecular flexibility index (Phi) is 7.18. The zero-order valence-corrected chi connectivity index (χ0v) is 28.4. The van der Waals surface area contributed by atoms with Crippen molar-refractivity contribution in [2.24, 2.45) is 0 Å². The van der Waals surface area contributed by atoms with Gasteiger partial charge in [0.1, 0.15) is 11.5 Å². The summed E-state index contributed by atoms with van der Waals surface area (Å²) in [5.74, 6) is 1.80. The SMILES string of the molecule is c1ccc(-c2ccc(N(c3cccc(-c4cc5c6c(cccc6c4)Oc4ccccc4-5)c3)c3ccccc3-c3cccc4ccccc34)cc2)cc1. The van der Waals surface area contributed by atoms with Crippen LogP contribution in [0, 0.1) is 0 Å². The first-order chi connectivity index (χ1) is 25.8. The summed E-state index contributed by atoms with van der Waals surface area (Å²) >= 11 is 0. The molecule has 0 amide bonds. The normalized spacial score (nSPS) is 11.6. The number of rotatable bonds is 6. The number of hydrogen-bond donors (Lipinski definition) is 0. The van der Waals surface area contributed by atoms with Crippen molar-refractivity contribution in [2.45, 2.75) is 0 Å². The highest BCUT2D eigenvalue weighted by atomic mass is 16.5. The van der Waals surface area contributed by atoms with Gasteiger partial charge in [-0.2, -0.15) is 0 Å². The Labute approximate surface area is 303 Å². The van der Waals surface area contributed by atoms with Crippen molar-refractivity contribution in [1.29, 1.82) is 0 Å². The van der Waals surface area contributed by atoms with Crippen LogP contribution in [-0.2, 0) is 0 Å². The molecule has 2 heteroatoms. The third kappa shape index (κ3) is 5.12. The number of fused-ring (bicyclic) bond motifs is 3. The van der Waals surface area contributed by atoms with Crippen molar-refractivity contribution in [3.8, 4) is 56.0 Å². The van der Waals surface area contributed by atoms with Gasteiger partial charge in [-0.1, -0.05) is 146 Å². The fourth-order valence-corrected chi connectivity index (χ4v) is 7.80. The molecule has 0 atom stereocenters. The number of para-hydroxylation sites is 2. The Morgan fingerprint density at radius 2 is 0.962 bits per heavy atom. The maximum Gasteiger partial charge on any atom is 0.135 e. The van der Waals surface area contributed by atoms with E-state index in [-0.39, 0.29) is 0 Å². The Hall–Kier alpha value is -6.90. The van der Waals surface area contributed by atoms with Gasteiger partial charge in [0, 0.05) is 27.9 Å². The minimum Gasteiger partial charge on any atom is -0.456 e. The topological polar surface area (TPSA) is 12.5 Å². The molecule has 0 unspecified atom stereocenters. The van der Waals surface area contributed by atoms with E-state index in [9.17, 15) is 0 Å².